The van der Waals surface area contributed by atoms with Gasteiger partial charge in [-0.05, 0) is 58.0 Å². The number of nitrogens with zero attached hydrogens (tertiary/aromatic N) is 1. The lowest BCUT2D eigenvalue weighted by Gasteiger charge is -2.40. The van der Waals surface area contributed by atoms with Gasteiger partial charge in [-0.1, -0.05) is 78.9 Å². The molecule has 5 rings (SSSR count). The van der Waals surface area contributed by atoms with Crippen molar-refractivity contribution in [3.05, 3.63) is 114 Å². The predicted molar refractivity (Wildman–Crippen MR) is 160 cm³/mol. The highest BCUT2D eigenvalue weighted by Gasteiger charge is 2.38. The highest BCUT2D eigenvalue weighted by molar-refractivity contribution is 6.04. The first kappa shape index (κ1) is 28.3. The van der Waals surface area contributed by atoms with Crippen LogP contribution in [0.5, 0.6) is 5.75 Å². The van der Waals surface area contributed by atoms with Crippen molar-refractivity contribution in [2.75, 3.05) is 26.3 Å². The van der Waals surface area contributed by atoms with Gasteiger partial charge in [0, 0.05) is 25.4 Å². The molecule has 0 aliphatic carbocycles. The van der Waals surface area contributed by atoms with Crippen LogP contribution in [0.4, 0.5) is 4.79 Å². The number of likely N-dealkylation sites (tertiary alicyclic amines) is 1. The van der Waals surface area contributed by atoms with E-state index in [1.165, 1.54) is 4.90 Å². The monoisotopic (exact) mass is 552 g/mol. The number of benzene rings is 4. The summed E-state index contributed by atoms with van der Waals surface area (Å²) in [6.07, 6.45) is -0.782. The molecule has 1 saturated heterocycles. The Labute approximate surface area is 240 Å². The van der Waals surface area contributed by atoms with E-state index in [2.05, 4.69) is 0 Å². The van der Waals surface area contributed by atoms with Crippen molar-refractivity contribution in [3.8, 4) is 5.75 Å². The third-order valence-electron chi connectivity index (χ3n) is 7.81. The molecule has 3 N–H and O–H groups in total. The molecule has 0 spiro atoms. The molecule has 7 heteroatoms. The molecule has 3 atom stereocenters. The SMILES string of the molecule is N=C(c1ccc2ccccc2c1)C(O)C1CN(C(=O)O)CCC1c1ccc(OCCCOCc2ccccc2)cc1. The van der Waals surface area contributed by atoms with Crippen LogP contribution in [0.15, 0.2) is 97.1 Å². The molecule has 4 aromatic carbocycles. The Bertz CT molecular complexity index is 1460. The zero-order valence-electron chi connectivity index (χ0n) is 23.0. The molecule has 1 amide bonds. The van der Waals surface area contributed by atoms with Crippen molar-refractivity contribution < 1.29 is 24.5 Å². The predicted octanol–water partition coefficient (Wildman–Crippen LogP) is 6.34. The topological polar surface area (TPSA) is 103 Å². The van der Waals surface area contributed by atoms with E-state index in [0.29, 0.717) is 38.3 Å². The second-order valence-corrected chi connectivity index (χ2v) is 10.5. The van der Waals surface area contributed by atoms with Crippen molar-refractivity contribution >= 4 is 22.6 Å². The number of carboxylic acid groups (broad SMARTS) is 1. The van der Waals surface area contributed by atoms with Crippen molar-refractivity contribution in [1.29, 1.82) is 5.41 Å². The highest BCUT2D eigenvalue weighted by atomic mass is 16.5. The van der Waals surface area contributed by atoms with Gasteiger partial charge >= 0.3 is 6.09 Å². The van der Waals surface area contributed by atoms with Gasteiger partial charge in [-0.15, -0.1) is 0 Å². The van der Waals surface area contributed by atoms with Gasteiger partial charge < -0.3 is 30.0 Å². The number of ether oxygens (including phenoxy) is 2. The minimum absolute atomic E-state index is 0.0955. The number of hydrogen-bond donors (Lipinski definition) is 3. The Hall–Kier alpha value is -4.20. The maximum atomic E-state index is 11.8. The second-order valence-electron chi connectivity index (χ2n) is 10.5. The summed E-state index contributed by atoms with van der Waals surface area (Å²) in [4.78, 5) is 13.1. The molecule has 41 heavy (non-hydrogen) atoms. The summed E-state index contributed by atoms with van der Waals surface area (Å²) in [5.41, 5.74) is 2.89. The molecule has 0 saturated carbocycles. The Kier molecular flexibility index (Phi) is 9.29. The fourth-order valence-electron chi connectivity index (χ4n) is 5.56. The average molecular weight is 553 g/mol. The summed E-state index contributed by atoms with van der Waals surface area (Å²) in [6, 6.07) is 31.5. The normalized spacial score (nSPS) is 17.7. The molecule has 1 fully saturated rings. The number of aliphatic hydroxyl groups excluding tert-OH is 1. The lowest BCUT2D eigenvalue weighted by Crippen LogP contribution is -2.48. The van der Waals surface area contributed by atoms with Gasteiger partial charge in [-0.2, -0.15) is 0 Å². The zero-order valence-corrected chi connectivity index (χ0v) is 23.0. The lowest BCUT2D eigenvalue weighted by molar-refractivity contribution is 0.0689. The van der Waals surface area contributed by atoms with Gasteiger partial charge in [0.15, 0.2) is 0 Å². The molecule has 7 nitrogen and oxygen atoms in total. The first-order valence-electron chi connectivity index (χ1n) is 14.1. The zero-order chi connectivity index (χ0) is 28.6. The van der Waals surface area contributed by atoms with Crippen LogP contribution >= 0.6 is 0 Å². The van der Waals surface area contributed by atoms with Gasteiger partial charge in [0.25, 0.3) is 0 Å². The van der Waals surface area contributed by atoms with Crippen LogP contribution in [0, 0.1) is 11.3 Å². The molecule has 212 valence electrons. The first-order chi connectivity index (χ1) is 20.0. The summed E-state index contributed by atoms with van der Waals surface area (Å²) in [5.74, 6) is 0.204. The summed E-state index contributed by atoms with van der Waals surface area (Å²) >= 11 is 0. The summed E-state index contributed by atoms with van der Waals surface area (Å²) in [5, 5.41) is 32.0. The van der Waals surface area contributed by atoms with Gasteiger partial charge in [-0.3, -0.25) is 0 Å². The van der Waals surface area contributed by atoms with E-state index in [0.717, 1.165) is 34.1 Å². The second kappa shape index (κ2) is 13.4. The highest BCUT2D eigenvalue weighted by Crippen LogP contribution is 2.37. The third-order valence-corrected chi connectivity index (χ3v) is 7.81. The smallest absolute Gasteiger partial charge is 0.407 e. The van der Waals surface area contributed by atoms with E-state index in [1.54, 1.807) is 0 Å². The first-order valence-corrected chi connectivity index (χ1v) is 14.1. The van der Waals surface area contributed by atoms with E-state index >= 15 is 0 Å². The molecule has 1 heterocycles. The van der Waals surface area contributed by atoms with E-state index in [9.17, 15) is 15.0 Å². The van der Waals surface area contributed by atoms with Crippen LogP contribution in [-0.4, -0.2) is 59.3 Å². The minimum Gasteiger partial charge on any atom is -0.494 e. The van der Waals surface area contributed by atoms with Crippen molar-refractivity contribution in [3.63, 3.8) is 0 Å². The quantitative estimate of drug-likeness (QED) is 0.149. The number of hydrogen-bond acceptors (Lipinski definition) is 5. The standard InChI is InChI=1S/C34H36N2O5/c35-32(28-12-11-25-9-4-5-10-27(25)21-28)33(37)31-22-36(34(38)39)18-17-30(31)26-13-15-29(16-14-26)41-20-6-19-40-23-24-7-2-1-3-8-24/h1-5,7-16,21,30-31,33,35,37H,6,17-20,22-23H2,(H,38,39). The van der Waals surface area contributed by atoms with Gasteiger partial charge in [0.1, 0.15) is 11.9 Å². The van der Waals surface area contributed by atoms with Crippen molar-refractivity contribution in [2.24, 2.45) is 5.92 Å². The molecular weight excluding hydrogens is 516 g/mol. The van der Waals surface area contributed by atoms with Gasteiger partial charge in [0.05, 0.1) is 25.5 Å². The van der Waals surface area contributed by atoms with Gasteiger partial charge in [-0.25, -0.2) is 4.79 Å². The van der Waals surface area contributed by atoms with E-state index < -0.39 is 18.1 Å². The molecule has 0 aromatic heterocycles. The van der Waals surface area contributed by atoms with E-state index in [-0.39, 0.29) is 18.2 Å². The average Bonchev–Trinajstić information content (AvgIpc) is 3.02. The number of amides is 1. The van der Waals surface area contributed by atoms with Crippen molar-refractivity contribution in [1.82, 2.24) is 4.90 Å². The third kappa shape index (κ3) is 7.12. The van der Waals surface area contributed by atoms with Gasteiger partial charge in [0.2, 0.25) is 0 Å². The number of carbonyl (C=O) groups is 1. The van der Waals surface area contributed by atoms with Crippen molar-refractivity contribution in [2.45, 2.75) is 31.5 Å². The summed E-state index contributed by atoms with van der Waals surface area (Å²) in [6.45, 7) is 2.28. The van der Waals surface area contributed by atoms with Crippen LogP contribution in [0.25, 0.3) is 10.8 Å². The summed E-state index contributed by atoms with van der Waals surface area (Å²) in [7, 11) is 0. The Morgan fingerprint density at radius 3 is 2.41 bits per heavy atom. The Balaban J connectivity index is 1.21. The van der Waals surface area contributed by atoms with Crippen LogP contribution in [0.1, 0.15) is 35.4 Å². The van der Waals surface area contributed by atoms with E-state index in [4.69, 9.17) is 14.9 Å². The minimum atomic E-state index is -1.12. The molecule has 0 bridgehead atoms. The number of rotatable bonds is 11. The fraction of sp³-hybridized carbons (Fsp3) is 0.294. The van der Waals surface area contributed by atoms with Crippen LogP contribution in [-0.2, 0) is 11.3 Å². The molecule has 1 aliphatic heterocycles. The number of piperidine rings is 1. The number of fused-ring (bicyclic) bond motifs is 1. The summed E-state index contributed by atoms with van der Waals surface area (Å²) < 4.78 is 11.6. The largest absolute Gasteiger partial charge is 0.494 e. The molecule has 1 aliphatic rings. The maximum Gasteiger partial charge on any atom is 0.407 e. The lowest BCUT2D eigenvalue weighted by atomic mass is 9.75. The van der Waals surface area contributed by atoms with Crippen LogP contribution in [0.2, 0.25) is 0 Å². The van der Waals surface area contributed by atoms with Crippen LogP contribution < -0.4 is 4.74 Å². The molecule has 4 aromatic rings. The van der Waals surface area contributed by atoms with E-state index in [1.807, 2.05) is 97.1 Å². The molecule has 3 unspecified atom stereocenters. The Morgan fingerprint density at radius 2 is 1.66 bits per heavy atom. The Morgan fingerprint density at radius 1 is 0.927 bits per heavy atom. The molecular formula is C34H36N2O5. The number of nitrogens with one attached hydrogen (secondary N) is 1. The number of aliphatic hydroxyl groups is 1. The maximum absolute atomic E-state index is 11.8. The van der Waals surface area contributed by atoms with Crippen LogP contribution in [0.3, 0.4) is 0 Å². The fourth-order valence-corrected chi connectivity index (χ4v) is 5.56. The molecule has 0 radical (unpaired) electrons.